The third-order valence-electron chi connectivity index (χ3n) is 4.35. The standard InChI is InChI=1S/C20H23N3O3/c1-3-14-7-6-8-15(11-14)22-19(24)13-23-12-18(20(25)21-2)26-17-10-5-4-9-16(17)23/h4-11,18H,3,12-13H2,1-2H3,(H,21,25)(H,22,24)/t18-/m0/s1. The number of amides is 2. The molecule has 0 saturated carbocycles. The monoisotopic (exact) mass is 353 g/mol. The summed E-state index contributed by atoms with van der Waals surface area (Å²) >= 11 is 0. The summed E-state index contributed by atoms with van der Waals surface area (Å²) < 4.78 is 5.76. The second-order valence-electron chi connectivity index (χ2n) is 6.17. The molecule has 6 heteroatoms. The quantitative estimate of drug-likeness (QED) is 0.865. The minimum absolute atomic E-state index is 0.134. The van der Waals surface area contributed by atoms with Crippen molar-refractivity contribution in [3.05, 3.63) is 54.1 Å². The van der Waals surface area contributed by atoms with Gasteiger partial charge in [0.05, 0.1) is 18.8 Å². The number of carbonyl (C=O) groups excluding carboxylic acids is 2. The highest BCUT2D eigenvalue weighted by atomic mass is 16.5. The molecule has 1 aliphatic rings. The molecule has 0 aromatic heterocycles. The molecule has 6 nitrogen and oxygen atoms in total. The summed E-state index contributed by atoms with van der Waals surface area (Å²) in [6, 6.07) is 15.2. The number of nitrogens with one attached hydrogen (secondary N) is 2. The number of para-hydroxylation sites is 2. The highest BCUT2D eigenvalue weighted by Gasteiger charge is 2.30. The van der Waals surface area contributed by atoms with Gasteiger partial charge in [-0.3, -0.25) is 9.59 Å². The molecule has 1 aliphatic heterocycles. The van der Waals surface area contributed by atoms with Crippen LogP contribution in [0.4, 0.5) is 11.4 Å². The summed E-state index contributed by atoms with van der Waals surface area (Å²) in [5.74, 6) is 0.263. The summed E-state index contributed by atoms with van der Waals surface area (Å²) in [6.45, 7) is 2.54. The number of benzene rings is 2. The predicted octanol–water partition coefficient (Wildman–Crippen LogP) is 2.20. The number of hydrogen-bond donors (Lipinski definition) is 2. The van der Waals surface area contributed by atoms with E-state index >= 15 is 0 Å². The Morgan fingerprint density at radius 3 is 2.77 bits per heavy atom. The van der Waals surface area contributed by atoms with Crippen LogP contribution >= 0.6 is 0 Å². The molecule has 1 heterocycles. The second-order valence-corrected chi connectivity index (χ2v) is 6.17. The normalized spacial score (nSPS) is 15.6. The zero-order valence-electron chi connectivity index (χ0n) is 15.0. The minimum atomic E-state index is -0.647. The van der Waals surface area contributed by atoms with Crippen LogP contribution in [0.5, 0.6) is 5.75 Å². The van der Waals surface area contributed by atoms with Crippen molar-refractivity contribution >= 4 is 23.2 Å². The summed E-state index contributed by atoms with van der Waals surface area (Å²) in [7, 11) is 1.57. The van der Waals surface area contributed by atoms with Crippen molar-refractivity contribution in [3.8, 4) is 5.75 Å². The van der Waals surface area contributed by atoms with Crippen molar-refractivity contribution in [2.45, 2.75) is 19.4 Å². The largest absolute Gasteiger partial charge is 0.477 e. The van der Waals surface area contributed by atoms with E-state index in [1.807, 2.05) is 47.4 Å². The average molecular weight is 353 g/mol. The van der Waals surface area contributed by atoms with E-state index in [-0.39, 0.29) is 18.4 Å². The number of fused-ring (bicyclic) bond motifs is 1. The summed E-state index contributed by atoms with van der Waals surface area (Å²) in [5, 5.41) is 5.53. The molecule has 1 atom stereocenters. The van der Waals surface area contributed by atoms with Crippen molar-refractivity contribution in [1.82, 2.24) is 5.32 Å². The molecule has 0 fully saturated rings. The van der Waals surface area contributed by atoms with Crippen molar-refractivity contribution in [1.29, 1.82) is 0 Å². The lowest BCUT2D eigenvalue weighted by Crippen LogP contribution is -2.50. The van der Waals surface area contributed by atoms with Gasteiger partial charge in [-0.15, -0.1) is 0 Å². The van der Waals surface area contributed by atoms with Gasteiger partial charge in [0.25, 0.3) is 5.91 Å². The fraction of sp³-hybridized carbons (Fsp3) is 0.300. The first-order valence-electron chi connectivity index (χ1n) is 8.71. The van der Waals surface area contributed by atoms with Gasteiger partial charge in [-0.1, -0.05) is 31.2 Å². The second kappa shape index (κ2) is 7.91. The van der Waals surface area contributed by atoms with Crippen LogP contribution in [0.25, 0.3) is 0 Å². The fourth-order valence-corrected chi connectivity index (χ4v) is 3.00. The average Bonchev–Trinajstić information content (AvgIpc) is 2.67. The van der Waals surface area contributed by atoms with Gasteiger partial charge in [-0.05, 0) is 36.2 Å². The molecular weight excluding hydrogens is 330 g/mol. The van der Waals surface area contributed by atoms with Gasteiger partial charge in [0.15, 0.2) is 6.10 Å². The van der Waals surface area contributed by atoms with Gasteiger partial charge < -0.3 is 20.3 Å². The maximum absolute atomic E-state index is 12.5. The molecule has 0 bridgehead atoms. The van der Waals surface area contributed by atoms with Crippen LogP contribution in [0.1, 0.15) is 12.5 Å². The first kappa shape index (κ1) is 17.8. The van der Waals surface area contributed by atoms with E-state index in [0.29, 0.717) is 12.3 Å². The first-order chi connectivity index (χ1) is 12.6. The molecule has 3 rings (SSSR count). The summed E-state index contributed by atoms with van der Waals surface area (Å²) in [6.07, 6.45) is 0.264. The van der Waals surface area contributed by atoms with E-state index in [2.05, 4.69) is 17.6 Å². The molecule has 0 saturated heterocycles. The number of ether oxygens (including phenoxy) is 1. The van der Waals surface area contributed by atoms with Crippen LogP contribution in [0.2, 0.25) is 0 Å². The molecule has 2 aromatic rings. The van der Waals surface area contributed by atoms with E-state index in [1.165, 1.54) is 5.56 Å². The molecule has 26 heavy (non-hydrogen) atoms. The van der Waals surface area contributed by atoms with Gasteiger partial charge in [-0.25, -0.2) is 0 Å². The first-order valence-corrected chi connectivity index (χ1v) is 8.71. The van der Waals surface area contributed by atoms with E-state index in [4.69, 9.17) is 4.74 Å². The Kier molecular flexibility index (Phi) is 5.41. The highest BCUT2D eigenvalue weighted by molar-refractivity contribution is 5.95. The Morgan fingerprint density at radius 1 is 1.19 bits per heavy atom. The molecule has 0 radical (unpaired) electrons. The SMILES string of the molecule is CCc1cccc(NC(=O)CN2C[C@@H](C(=O)NC)Oc3ccccc32)c1. The number of anilines is 2. The lowest BCUT2D eigenvalue weighted by atomic mass is 10.1. The third-order valence-corrected chi connectivity index (χ3v) is 4.35. The molecular formula is C20H23N3O3. The lowest BCUT2D eigenvalue weighted by molar-refractivity contribution is -0.127. The molecule has 0 unspecified atom stereocenters. The van der Waals surface area contributed by atoms with E-state index in [0.717, 1.165) is 17.8 Å². The van der Waals surface area contributed by atoms with E-state index in [9.17, 15) is 9.59 Å². The van der Waals surface area contributed by atoms with Crippen molar-refractivity contribution in [2.24, 2.45) is 0 Å². The van der Waals surface area contributed by atoms with Crippen LogP contribution in [0.15, 0.2) is 48.5 Å². The maximum atomic E-state index is 12.5. The third kappa shape index (κ3) is 3.96. The Balaban J connectivity index is 1.74. The molecule has 2 N–H and O–H groups in total. The van der Waals surface area contributed by atoms with E-state index < -0.39 is 6.10 Å². The zero-order chi connectivity index (χ0) is 18.5. The fourth-order valence-electron chi connectivity index (χ4n) is 3.00. The number of rotatable bonds is 5. The number of hydrogen-bond acceptors (Lipinski definition) is 4. The van der Waals surface area contributed by atoms with Gasteiger partial charge in [0.1, 0.15) is 5.75 Å². The molecule has 0 spiro atoms. The topological polar surface area (TPSA) is 70.7 Å². The minimum Gasteiger partial charge on any atom is -0.477 e. The Labute approximate surface area is 153 Å². The van der Waals surface area contributed by atoms with Crippen LogP contribution in [0.3, 0.4) is 0 Å². The molecule has 2 amide bonds. The van der Waals surface area contributed by atoms with Crippen LogP contribution in [0, 0.1) is 0 Å². The van der Waals surface area contributed by atoms with Gasteiger partial charge in [0, 0.05) is 12.7 Å². The van der Waals surface area contributed by atoms with Gasteiger partial charge in [0.2, 0.25) is 5.91 Å². The van der Waals surface area contributed by atoms with Crippen LogP contribution < -0.4 is 20.3 Å². The van der Waals surface area contributed by atoms with Crippen molar-refractivity contribution in [2.75, 3.05) is 30.4 Å². The molecule has 2 aromatic carbocycles. The lowest BCUT2D eigenvalue weighted by Gasteiger charge is -2.35. The van der Waals surface area contributed by atoms with Crippen LogP contribution in [-0.2, 0) is 16.0 Å². The van der Waals surface area contributed by atoms with Crippen molar-refractivity contribution in [3.63, 3.8) is 0 Å². The number of aryl methyl sites for hydroxylation is 1. The van der Waals surface area contributed by atoms with Gasteiger partial charge >= 0.3 is 0 Å². The van der Waals surface area contributed by atoms with Crippen molar-refractivity contribution < 1.29 is 14.3 Å². The number of nitrogens with zero attached hydrogens (tertiary/aromatic N) is 1. The highest BCUT2D eigenvalue weighted by Crippen LogP contribution is 2.32. The number of likely N-dealkylation sites (N-methyl/N-ethyl adjacent to an activating group) is 1. The number of carbonyl (C=O) groups is 2. The zero-order valence-corrected chi connectivity index (χ0v) is 15.0. The summed E-state index contributed by atoms with van der Waals surface area (Å²) in [4.78, 5) is 26.4. The Hall–Kier alpha value is -3.02. The Bertz CT molecular complexity index is 806. The molecule has 0 aliphatic carbocycles. The Morgan fingerprint density at radius 2 is 2.00 bits per heavy atom. The smallest absolute Gasteiger partial charge is 0.262 e. The molecule has 136 valence electrons. The summed E-state index contributed by atoms with van der Waals surface area (Å²) in [5.41, 5.74) is 2.75. The van der Waals surface area contributed by atoms with E-state index in [1.54, 1.807) is 13.1 Å². The predicted molar refractivity (Wildman–Crippen MR) is 102 cm³/mol. The maximum Gasteiger partial charge on any atom is 0.262 e. The van der Waals surface area contributed by atoms with Crippen LogP contribution in [-0.4, -0.2) is 38.1 Å². The van der Waals surface area contributed by atoms with Gasteiger partial charge in [-0.2, -0.15) is 0 Å².